The second-order valence-corrected chi connectivity index (χ2v) is 6.98. The maximum atomic E-state index is 12.8. The normalized spacial score (nSPS) is 19.8. The Labute approximate surface area is 163 Å². The van der Waals surface area contributed by atoms with Crippen LogP contribution in [0.5, 0.6) is 5.88 Å². The molecule has 3 heterocycles. The molecule has 2 aromatic rings. The van der Waals surface area contributed by atoms with Crippen molar-refractivity contribution >= 4 is 17.6 Å². The molecule has 4 rings (SSSR count). The van der Waals surface area contributed by atoms with Gasteiger partial charge in [-0.2, -0.15) is 5.10 Å². The third-order valence-electron chi connectivity index (χ3n) is 5.06. The van der Waals surface area contributed by atoms with Crippen molar-refractivity contribution in [3.8, 4) is 5.88 Å². The molecule has 1 aromatic heterocycles. The van der Waals surface area contributed by atoms with Gasteiger partial charge in [-0.05, 0) is 31.0 Å². The number of ether oxygens (including phenoxy) is 1. The Morgan fingerprint density at radius 2 is 1.96 bits per heavy atom. The summed E-state index contributed by atoms with van der Waals surface area (Å²) in [6.07, 6.45) is 3.21. The van der Waals surface area contributed by atoms with Gasteiger partial charge < -0.3 is 14.5 Å². The first kappa shape index (κ1) is 18.2. The minimum atomic E-state index is -0.121. The zero-order chi connectivity index (χ0) is 19.3. The van der Waals surface area contributed by atoms with Crippen LogP contribution in [0.25, 0.3) is 0 Å². The SMILES string of the molecule is O=C(CN1CCN(c2ccccc2)C1=O)N1CCCC(Oc2cccnn2)C1. The van der Waals surface area contributed by atoms with Gasteiger partial charge in [0.25, 0.3) is 0 Å². The standard InChI is InChI=1S/C20H23N5O3/c26-19(15-24-12-13-25(20(24)27)16-6-2-1-3-7-16)23-11-5-8-17(14-23)28-18-9-4-10-21-22-18/h1-4,6-7,9-10,17H,5,8,11-15H2. The molecule has 0 aliphatic carbocycles. The Bertz CT molecular complexity index is 817. The van der Waals surface area contributed by atoms with E-state index >= 15 is 0 Å². The molecule has 28 heavy (non-hydrogen) atoms. The van der Waals surface area contributed by atoms with Crippen LogP contribution in [0.3, 0.4) is 0 Å². The number of aromatic nitrogens is 2. The molecule has 146 valence electrons. The van der Waals surface area contributed by atoms with Gasteiger partial charge >= 0.3 is 6.03 Å². The maximum Gasteiger partial charge on any atom is 0.325 e. The first-order valence-electron chi connectivity index (χ1n) is 9.54. The van der Waals surface area contributed by atoms with Crippen molar-refractivity contribution in [1.29, 1.82) is 0 Å². The molecule has 1 aromatic carbocycles. The largest absolute Gasteiger partial charge is 0.471 e. The number of hydrogen-bond acceptors (Lipinski definition) is 5. The van der Waals surface area contributed by atoms with Crippen molar-refractivity contribution < 1.29 is 14.3 Å². The fourth-order valence-electron chi connectivity index (χ4n) is 3.62. The van der Waals surface area contributed by atoms with Crippen LogP contribution in [0.1, 0.15) is 12.8 Å². The number of hydrogen-bond donors (Lipinski definition) is 0. The Morgan fingerprint density at radius 1 is 1.11 bits per heavy atom. The van der Waals surface area contributed by atoms with E-state index in [4.69, 9.17) is 4.74 Å². The lowest BCUT2D eigenvalue weighted by Gasteiger charge is -2.33. The molecule has 2 aliphatic heterocycles. The second kappa shape index (κ2) is 8.24. The molecule has 0 bridgehead atoms. The summed E-state index contributed by atoms with van der Waals surface area (Å²) in [5.74, 6) is 0.422. The Morgan fingerprint density at radius 3 is 2.75 bits per heavy atom. The lowest BCUT2D eigenvalue weighted by Crippen LogP contribution is -2.48. The van der Waals surface area contributed by atoms with Gasteiger partial charge in [-0.15, -0.1) is 5.10 Å². The lowest BCUT2D eigenvalue weighted by atomic mass is 10.1. The van der Waals surface area contributed by atoms with Gasteiger partial charge in [0.15, 0.2) is 0 Å². The van der Waals surface area contributed by atoms with E-state index in [0.29, 0.717) is 32.1 Å². The number of nitrogens with zero attached hydrogens (tertiary/aromatic N) is 5. The van der Waals surface area contributed by atoms with Crippen LogP contribution >= 0.6 is 0 Å². The number of anilines is 1. The highest BCUT2D eigenvalue weighted by Crippen LogP contribution is 2.21. The van der Waals surface area contributed by atoms with Crippen LogP contribution in [0.2, 0.25) is 0 Å². The first-order chi connectivity index (χ1) is 13.7. The molecular formula is C20H23N5O3. The number of amides is 3. The summed E-state index contributed by atoms with van der Waals surface area (Å²) < 4.78 is 5.85. The molecule has 0 radical (unpaired) electrons. The quantitative estimate of drug-likeness (QED) is 0.789. The number of carbonyl (C=O) groups is 2. The summed E-state index contributed by atoms with van der Waals surface area (Å²) in [7, 11) is 0. The zero-order valence-corrected chi connectivity index (χ0v) is 15.6. The van der Waals surface area contributed by atoms with E-state index < -0.39 is 0 Å². The fourth-order valence-corrected chi connectivity index (χ4v) is 3.62. The zero-order valence-electron chi connectivity index (χ0n) is 15.6. The van der Waals surface area contributed by atoms with Gasteiger partial charge in [-0.25, -0.2) is 4.79 Å². The van der Waals surface area contributed by atoms with Gasteiger partial charge in [0.2, 0.25) is 11.8 Å². The van der Waals surface area contributed by atoms with Gasteiger partial charge in [-0.3, -0.25) is 9.69 Å². The monoisotopic (exact) mass is 381 g/mol. The predicted octanol–water partition coefficient (Wildman–Crippen LogP) is 1.79. The lowest BCUT2D eigenvalue weighted by molar-refractivity contribution is -0.134. The van der Waals surface area contributed by atoms with Crippen LogP contribution in [0.4, 0.5) is 10.5 Å². The van der Waals surface area contributed by atoms with E-state index in [1.807, 2.05) is 30.3 Å². The number of urea groups is 1. The number of likely N-dealkylation sites (tertiary alicyclic amines) is 1. The van der Waals surface area contributed by atoms with Gasteiger partial charge in [0.05, 0.1) is 6.54 Å². The number of piperidine rings is 1. The molecule has 8 heteroatoms. The van der Waals surface area contributed by atoms with Crippen molar-refractivity contribution in [3.63, 3.8) is 0 Å². The maximum absolute atomic E-state index is 12.8. The molecule has 1 atom stereocenters. The number of para-hydroxylation sites is 1. The summed E-state index contributed by atoms with van der Waals surface area (Å²) in [6.45, 7) is 2.42. The van der Waals surface area contributed by atoms with Gasteiger partial charge in [0, 0.05) is 37.6 Å². The molecule has 0 N–H and O–H groups in total. The van der Waals surface area contributed by atoms with E-state index in [9.17, 15) is 9.59 Å². The summed E-state index contributed by atoms with van der Waals surface area (Å²) in [4.78, 5) is 30.5. The molecule has 0 spiro atoms. The second-order valence-electron chi connectivity index (χ2n) is 6.98. The van der Waals surface area contributed by atoms with Crippen LogP contribution in [0, 0.1) is 0 Å². The molecule has 2 fully saturated rings. The molecule has 3 amide bonds. The molecule has 1 unspecified atom stereocenters. The van der Waals surface area contributed by atoms with Crippen molar-refractivity contribution in [3.05, 3.63) is 48.7 Å². The van der Waals surface area contributed by atoms with Crippen LogP contribution < -0.4 is 9.64 Å². The molecular weight excluding hydrogens is 358 g/mol. The number of rotatable bonds is 5. The van der Waals surface area contributed by atoms with E-state index in [-0.39, 0.29) is 24.6 Å². The first-order valence-corrected chi connectivity index (χ1v) is 9.54. The van der Waals surface area contributed by atoms with E-state index in [0.717, 1.165) is 18.5 Å². The van der Waals surface area contributed by atoms with Gasteiger partial charge in [0.1, 0.15) is 12.6 Å². The smallest absolute Gasteiger partial charge is 0.325 e. The Balaban J connectivity index is 1.33. The fraction of sp³-hybridized carbons (Fsp3) is 0.400. The topological polar surface area (TPSA) is 78.9 Å². The average molecular weight is 381 g/mol. The summed E-state index contributed by atoms with van der Waals surface area (Å²) >= 11 is 0. The van der Waals surface area contributed by atoms with E-state index in [2.05, 4.69) is 10.2 Å². The van der Waals surface area contributed by atoms with Crippen molar-refractivity contribution in [2.24, 2.45) is 0 Å². The third kappa shape index (κ3) is 4.05. The van der Waals surface area contributed by atoms with Crippen molar-refractivity contribution in [1.82, 2.24) is 20.0 Å². The highest BCUT2D eigenvalue weighted by atomic mass is 16.5. The van der Waals surface area contributed by atoms with Crippen molar-refractivity contribution in [2.45, 2.75) is 18.9 Å². The van der Waals surface area contributed by atoms with Gasteiger partial charge in [-0.1, -0.05) is 18.2 Å². The summed E-state index contributed by atoms with van der Waals surface area (Å²) in [6, 6.07) is 12.9. The highest BCUT2D eigenvalue weighted by molar-refractivity contribution is 5.96. The van der Waals surface area contributed by atoms with Crippen LogP contribution in [0.15, 0.2) is 48.7 Å². The number of benzene rings is 1. The summed E-state index contributed by atoms with van der Waals surface area (Å²) in [5.41, 5.74) is 0.859. The summed E-state index contributed by atoms with van der Waals surface area (Å²) in [5, 5.41) is 7.75. The van der Waals surface area contributed by atoms with Crippen LogP contribution in [-0.4, -0.2) is 70.8 Å². The Hall–Kier alpha value is -3.16. The minimum absolute atomic E-state index is 0.0456. The highest BCUT2D eigenvalue weighted by Gasteiger charge is 2.33. The minimum Gasteiger partial charge on any atom is -0.471 e. The molecule has 2 saturated heterocycles. The van der Waals surface area contributed by atoms with Crippen LogP contribution in [-0.2, 0) is 4.79 Å². The van der Waals surface area contributed by atoms with E-state index in [1.54, 1.807) is 33.0 Å². The number of carbonyl (C=O) groups excluding carboxylic acids is 2. The Kier molecular flexibility index (Phi) is 5.36. The molecule has 2 aliphatic rings. The predicted molar refractivity (Wildman–Crippen MR) is 103 cm³/mol. The third-order valence-corrected chi connectivity index (χ3v) is 5.06. The molecule has 8 nitrogen and oxygen atoms in total. The van der Waals surface area contributed by atoms with E-state index in [1.165, 1.54) is 0 Å². The average Bonchev–Trinajstić information content (AvgIpc) is 3.10. The molecule has 0 saturated carbocycles. The van der Waals surface area contributed by atoms with Crippen molar-refractivity contribution in [2.75, 3.05) is 37.6 Å².